The van der Waals surface area contributed by atoms with Gasteiger partial charge in [0, 0.05) is 18.5 Å². The Bertz CT molecular complexity index is 269. The van der Waals surface area contributed by atoms with E-state index in [1.54, 1.807) is 0 Å². The molecule has 3 nitrogen and oxygen atoms in total. The first-order chi connectivity index (χ1) is 5.34. The summed E-state index contributed by atoms with van der Waals surface area (Å²) < 4.78 is 5.34. The van der Waals surface area contributed by atoms with Crippen LogP contribution < -0.4 is 5.32 Å². The lowest BCUT2D eigenvalue weighted by Crippen LogP contribution is -2.17. The third kappa shape index (κ3) is 0.688. The minimum Gasteiger partial charge on any atom is -0.369 e. The molecule has 0 aromatic carbocycles. The van der Waals surface area contributed by atoms with Crippen molar-refractivity contribution in [2.24, 2.45) is 0 Å². The zero-order valence-electron chi connectivity index (χ0n) is 6.09. The van der Waals surface area contributed by atoms with Crippen molar-refractivity contribution in [1.82, 2.24) is 5.32 Å². The number of hydrogen-bond acceptors (Lipinski definition) is 2. The van der Waals surface area contributed by atoms with Crippen LogP contribution in [0.4, 0.5) is 0 Å². The van der Waals surface area contributed by atoms with E-state index in [-0.39, 0.29) is 5.91 Å². The fourth-order valence-corrected chi connectivity index (χ4v) is 1.98. The summed E-state index contributed by atoms with van der Waals surface area (Å²) in [6.45, 7) is 0.765. The maximum atomic E-state index is 11.1. The molecule has 0 spiro atoms. The van der Waals surface area contributed by atoms with Crippen molar-refractivity contribution >= 4 is 5.91 Å². The maximum absolute atomic E-state index is 11.1. The van der Waals surface area contributed by atoms with Gasteiger partial charge in [-0.05, 0) is 12.0 Å². The van der Waals surface area contributed by atoms with E-state index in [4.69, 9.17) is 4.74 Å². The van der Waals surface area contributed by atoms with Gasteiger partial charge in [-0.25, -0.2) is 0 Å². The van der Waals surface area contributed by atoms with Crippen molar-refractivity contribution < 1.29 is 9.53 Å². The van der Waals surface area contributed by atoms with Crippen molar-refractivity contribution in [3.63, 3.8) is 0 Å². The molecule has 0 saturated carbocycles. The van der Waals surface area contributed by atoms with E-state index >= 15 is 0 Å². The standard InChI is InChI=1S/C8H9NO2/c10-8-5-2-7-6(11-7)1-4(5)3-9-8/h6-7H,1-3H2,(H,9,10). The Labute approximate surface area is 64.4 Å². The third-order valence-electron chi connectivity index (χ3n) is 2.70. The largest absolute Gasteiger partial charge is 0.369 e. The molecule has 1 saturated heterocycles. The molecule has 1 amide bonds. The SMILES string of the molecule is O=C1NCC2=C1CC1OC1C2. The highest BCUT2D eigenvalue weighted by Gasteiger charge is 2.46. The molecule has 2 aliphatic heterocycles. The number of carbonyl (C=O) groups is 1. The van der Waals surface area contributed by atoms with Gasteiger partial charge >= 0.3 is 0 Å². The van der Waals surface area contributed by atoms with E-state index in [1.165, 1.54) is 5.57 Å². The first kappa shape index (κ1) is 5.77. The Kier molecular flexibility index (Phi) is 0.874. The van der Waals surface area contributed by atoms with Crippen LogP contribution in [-0.4, -0.2) is 24.7 Å². The molecule has 2 atom stereocenters. The molecule has 1 N–H and O–H groups in total. The van der Waals surface area contributed by atoms with Gasteiger partial charge in [0.05, 0.1) is 12.2 Å². The Morgan fingerprint density at radius 1 is 1.36 bits per heavy atom. The Hall–Kier alpha value is -0.830. The van der Waals surface area contributed by atoms with Gasteiger partial charge < -0.3 is 10.1 Å². The van der Waals surface area contributed by atoms with E-state index < -0.39 is 0 Å². The lowest BCUT2D eigenvalue weighted by atomic mass is 9.94. The predicted molar refractivity (Wildman–Crippen MR) is 37.9 cm³/mol. The molecule has 1 fully saturated rings. The predicted octanol–water partition coefficient (Wildman–Crippen LogP) is -0.0260. The number of ether oxygens (including phenoxy) is 1. The highest BCUT2D eigenvalue weighted by molar-refractivity contribution is 5.97. The minimum absolute atomic E-state index is 0.133. The molecule has 2 heterocycles. The van der Waals surface area contributed by atoms with E-state index in [0.717, 1.165) is 25.0 Å². The zero-order chi connectivity index (χ0) is 7.42. The van der Waals surface area contributed by atoms with Crippen LogP contribution in [0.15, 0.2) is 11.1 Å². The van der Waals surface area contributed by atoms with Crippen LogP contribution in [0.1, 0.15) is 12.8 Å². The summed E-state index contributed by atoms with van der Waals surface area (Å²) in [7, 11) is 0. The van der Waals surface area contributed by atoms with Crippen LogP contribution in [0.3, 0.4) is 0 Å². The summed E-state index contributed by atoms with van der Waals surface area (Å²) in [5, 5.41) is 2.83. The molecular weight excluding hydrogens is 142 g/mol. The Morgan fingerprint density at radius 2 is 2.18 bits per heavy atom. The van der Waals surface area contributed by atoms with Gasteiger partial charge in [-0.1, -0.05) is 0 Å². The summed E-state index contributed by atoms with van der Waals surface area (Å²) in [6.07, 6.45) is 2.66. The highest BCUT2D eigenvalue weighted by Crippen LogP contribution is 2.40. The van der Waals surface area contributed by atoms with E-state index in [1.807, 2.05) is 0 Å². The summed E-state index contributed by atoms with van der Waals surface area (Å²) in [6, 6.07) is 0. The molecule has 3 rings (SSSR count). The topological polar surface area (TPSA) is 41.6 Å². The highest BCUT2D eigenvalue weighted by atomic mass is 16.6. The summed E-state index contributed by atoms with van der Waals surface area (Å²) in [4.78, 5) is 11.1. The first-order valence-corrected chi connectivity index (χ1v) is 3.99. The maximum Gasteiger partial charge on any atom is 0.247 e. The van der Waals surface area contributed by atoms with Gasteiger partial charge in [0.2, 0.25) is 5.91 Å². The Balaban J connectivity index is 1.97. The molecule has 0 bridgehead atoms. The molecule has 0 aromatic heterocycles. The second-order valence-corrected chi connectivity index (χ2v) is 3.39. The normalized spacial score (nSPS) is 39.8. The number of carbonyl (C=O) groups excluding carboxylic acids is 1. The van der Waals surface area contributed by atoms with Crippen LogP contribution >= 0.6 is 0 Å². The van der Waals surface area contributed by atoms with Crippen LogP contribution in [0.25, 0.3) is 0 Å². The Morgan fingerprint density at radius 3 is 3.09 bits per heavy atom. The second kappa shape index (κ2) is 1.67. The smallest absolute Gasteiger partial charge is 0.247 e. The van der Waals surface area contributed by atoms with Gasteiger partial charge in [0.1, 0.15) is 0 Å². The van der Waals surface area contributed by atoms with Crippen molar-refractivity contribution in [2.75, 3.05) is 6.54 Å². The van der Waals surface area contributed by atoms with Crippen LogP contribution in [-0.2, 0) is 9.53 Å². The lowest BCUT2D eigenvalue weighted by Gasteiger charge is -2.05. The number of nitrogens with one attached hydrogen (secondary N) is 1. The first-order valence-electron chi connectivity index (χ1n) is 3.99. The summed E-state index contributed by atoms with van der Waals surface area (Å²) in [5.74, 6) is 0.133. The van der Waals surface area contributed by atoms with Crippen LogP contribution in [0.5, 0.6) is 0 Å². The lowest BCUT2D eigenvalue weighted by molar-refractivity contribution is -0.116. The van der Waals surface area contributed by atoms with Crippen LogP contribution in [0, 0.1) is 0 Å². The second-order valence-electron chi connectivity index (χ2n) is 3.39. The molecule has 0 aromatic rings. The number of hydrogen-bond donors (Lipinski definition) is 1. The molecule has 0 radical (unpaired) electrons. The quantitative estimate of drug-likeness (QED) is 0.494. The zero-order valence-corrected chi connectivity index (χ0v) is 6.09. The van der Waals surface area contributed by atoms with Crippen molar-refractivity contribution in [3.05, 3.63) is 11.1 Å². The molecule has 3 heteroatoms. The van der Waals surface area contributed by atoms with Crippen molar-refractivity contribution in [2.45, 2.75) is 25.0 Å². The van der Waals surface area contributed by atoms with E-state index in [2.05, 4.69) is 5.32 Å². The summed E-state index contributed by atoms with van der Waals surface area (Å²) >= 11 is 0. The fraction of sp³-hybridized carbons (Fsp3) is 0.625. The van der Waals surface area contributed by atoms with Crippen LogP contribution in [0.2, 0.25) is 0 Å². The summed E-state index contributed by atoms with van der Waals surface area (Å²) in [5.41, 5.74) is 2.29. The van der Waals surface area contributed by atoms with Gasteiger partial charge in [-0.3, -0.25) is 4.79 Å². The van der Waals surface area contributed by atoms with Crippen molar-refractivity contribution in [3.8, 4) is 0 Å². The molecule has 3 aliphatic rings. The molecular formula is C8H9NO2. The number of amides is 1. The van der Waals surface area contributed by atoms with Gasteiger partial charge in [-0.2, -0.15) is 0 Å². The minimum atomic E-state index is 0.133. The average molecular weight is 151 g/mol. The number of rotatable bonds is 0. The van der Waals surface area contributed by atoms with Gasteiger partial charge in [-0.15, -0.1) is 0 Å². The fourth-order valence-electron chi connectivity index (χ4n) is 1.98. The van der Waals surface area contributed by atoms with E-state index in [0.29, 0.717) is 12.2 Å². The third-order valence-corrected chi connectivity index (χ3v) is 2.70. The van der Waals surface area contributed by atoms with Gasteiger partial charge in [0.15, 0.2) is 0 Å². The molecule has 11 heavy (non-hydrogen) atoms. The van der Waals surface area contributed by atoms with E-state index in [9.17, 15) is 4.79 Å². The van der Waals surface area contributed by atoms with Crippen molar-refractivity contribution in [1.29, 1.82) is 0 Å². The number of fused-ring (bicyclic) bond motifs is 1. The molecule has 2 unspecified atom stereocenters. The molecule has 58 valence electrons. The van der Waals surface area contributed by atoms with Gasteiger partial charge in [0.25, 0.3) is 0 Å². The molecule has 1 aliphatic carbocycles. The monoisotopic (exact) mass is 151 g/mol. The average Bonchev–Trinajstić information content (AvgIpc) is 2.68. The number of epoxide rings is 1.